The molecule has 294 valence electrons. The van der Waals surface area contributed by atoms with Crippen molar-refractivity contribution in [3.8, 4) is 17.6 Å². The lowest BCUT2D eigenvalue weighted by molar-refractivity contribution is -0.178. The van der Waals surface area contributed by atoms with Crippen molar-refractivity contribution in [2.75, 3.05) is 25.1 Å². The first-order valence-electron chi connectivity index (χ1n) is 19.5. The highest BCUT2D eigenvalue weighted by molar-refractivity contribution is 6.12. The summed E-state index contributed by atoms with van der Waals surface area (Å²) in [6.45, 7) is 4.12. The van der Waals surface area contributed by atoms with Crippen molar-refractivity contribution in [2.45, 2.75) is 36.2 Å². The highest BCUT2D eigenvalue weighted by Crippen LogP contribution is 2.64. The van der Waals surface area contributed by atoms with Gasteiger partial charge in [-0.3, -0.25) is 19.3 Å². The van der Waals surface area contributed by atoms with Crippen LogP contribution in [-0.2, 0) is 31.1 Å². The fourth-order valence-electron chi connectivity index (χ4n) is 9.11. The molecule has 3 N–H and O–H groups in total. The Bertz CT molecular complexity index is 2620. The molecule has 6 atom stereocenters. The highest BCUT2D eigenvalue weighted by atomic mass is 16.6. The van der Waals surface area contributed by atoms with Gasteiger partial charge in [-0.1, -0.05) is 108 Å². The first kappa shape index (κ1) is 37.5. The van der Waals surface area contributed by atoms with Gasteiger partial charge in [0.25, 0.3) is 0 Å². The zero-order chi connectivity index (χ0) is 40.5. The molecular formula is C47H40N6O6. The van der Waals surface area contributed by atoms with E-state index in [1.165, 1.54) is 0 Å². The van der Waals surface area contributed by atoms with Crippen LogP contribution < -0.4 is 15.4 Å². The molecule has 3 aliphatic heterocycles. The zero-order valence-electron chi connectivity index (χ0n) is 31.9. The lowest BCUT2D eigenvalue weighted by Gasteiger charge is -2.46. The molecule has 6 unspecified atom stereocenters. The number of aliphatic hydroxyl groups excluding tert-OH is 1. The molecule has 1 aromatic heterocycles. The maximum absolute atomic E-state index is 15.3. The molecule has 9 rings (SSSR count). The summed E-state index contributed by atoms with van der Waals surface area (Å²) in [5.74, 6) is 4.18. The van der Waals surface area contributed by atoms with E-state index in [1.54, 1.807) is 29.0 Å². The second kappa shape index (κ2) is 15.7. The minimum absolute atomic E-state index is 0.0971. The summed E-state index contributed by atoms with van der Waals surface area (Å²) >= 11 is 0. The number of aromatic nitrogens is 3. The number of ether oxygens (including phenoxy) is 2. The van der Waals surface area contributed by atoms with Gasteiger partial charge in [-0.25, -0.2) is 4.68 Å². The number of amides is 2. The van der Waals surface area contributed by atoms with Gasteiger partial charge in [0.15, 0.2) is 0 Å². The van der Waals surface area contributed by atoms with Crippen LogP contribution in [0.25, 0.3) is 11.0 Å². The van der Waals surface area contributed by atoms with E-state index in [2.05, 4.69) is 39.4 Å². The molecule has 0 aliphatic carbocycles. The minimum Gasteiger partial charge on any atom is -0.491 e. The highest BCUT2D eigenvalue weighted by Gasteiger charge is 2.74. The number of para-hydroxylation sites is 1. The first-order chi connectivity index (χ1) is 28.9. The number of carbonyl (C=O) groups is 3. The van der Waals surface area contributed by atoms with E-state index in [4.69, 9.17) is 9.47 Å². The number of anilines is 1. The number of nitrogens with one attached hydrogen (secondary N) is 2. The minimum atomic E-state index is -1.67. The van der Waals surface area contributed by atoms with Crippen molar-refractivity contribution in [1.82, 2.24) is 25.2 Å². The summed E-state index contributed by atoms with van der Waals surface area (Å²) in [6, 6.07) is 36.9. The Labute approximate surface area is 340 Å². The lowest BCUT2D eigenvalue weighted by atomic mass is 9.65. The predicted molar refractivity (Wildman–Crippen MR) is 220 cm³/mol. The Morgan fingerprint density at radius 2 is 1.64 bits per heavy atom. The van der Waals surface area contributed by atoms with Crippen LogP contribution in [0.3, 0.4) is 0 Å². The molecule has 0 saturated carbocycles. The van der Waals surface area contributed by atoms with Gasteiger partial charge in [-0.15, -0.1) is 11.7 Å². The molecule has 2 fully saturated rings. The number of morpholine rings is 1. The van der Waals surface area contributed by atoms with Crippen molar-refractivity contribution in [3.63, 3.8) is 0 Å². The molecule has 59 heavy (non-hydrogen) atoms. The van der Waals surface area contributed by atoms with Gasteiger partial charge in [0, 0.05) is 17.8 Å². The van der Waals surface area contributed by atoms with Crippen LogP contribution in [0.4, 0.5) is 5.69 Å². The van der Waals surface area contributed by atoms with Crippen molar-refractivity contribution >= 4 is 34.5 Å². The van der Waals surface area contributed by atoms with E-state index in [-0.39, 0.29) is 26.3 Å². The van der Waals surface area contributed by atoms with Gasteiger partial charge < -0.3 is 25.2 Å². The van der Waals surface area contributed by atoms with E-state index in [0.29, 0.717) is 28.1 Å². The molecule has 0 bridgehead atoms. The summed E-state index contributed by atoms with van der Waals surface area (Å²) < 4.78 is 13.9. The van der Waals surface area contributed by atoms with Crippen LogP contribution in [0, 0.1) is 17.8 Å². The Hall–Kier alpha value is -7.07. The number of aliphatic hydroxyl groups is 1. The molecule has 12 heteroatoms. The van der Waals surface area contributed by atoms with Gasteiger partial charge in [0.1, 0.15) is 42.0 Å². The van der Waals surface area contributed by atoms with E-state index >= 15 is 4.79 Å². The van der Waals surface area contributed by atoms with Crippen molar-refractivity contribution in [2.24, 2.45) is 5.92 Å². The van der Waals surface area contributed by atoms with Gasteiger partial charge in [0.05, 0.1) is 30.1 Å². The molecule has 2 saturated heterocycles. The number of cyclic esters (lactones) is 1. The Morgan fingerprint density at radius 3 is 2.39 bits per heavy atom. The van der Waals surface area contributed by atoms with E-state index in [9.17, 15) is 14.7 Å². The molecule has 3 aliphatic rings. The Morgan fingerprint density at radius 1 is 0.915 bits per heavy atom. The van der Waals surface area contributed by atoms with Crippen LogP contribution in [-0.4, -0.2) is 68.6 Å². The normalized spacial score (nSPS) is 23.1. The van der Waals surface area contributed by atoms with Crippen LogP contribution in [0.1, 0.15) is 46.0 Å². The summed E-state index contributed by atoms with van der Waals surface area (Å²) in [6.07, 6.45) is 0.768. The maximum Gasteiger partial charge on any atom is 0.324 e. The lowest BCUT2D eigenvalue weighted by Crippen LogP contribution is -2.54. The fourth-order valence-corrected chi connectivity index (χ4v) is 9.11. The SMILES string of the molecule is C=CCNC(=O)C1C2C(=O)OC(c3ccccc3)C(c3ccccc3)N2C(c2ccc(OCCO)cc2)C12C(=O)Nc1ccc(C#CCn3nnc4ccccc43)cc12. The van der Waals surface area contributed by atoms with Crippen LogP contribution in [0.15, 0.2) is 140 Å². The second-order valence-corrected chi connectivity index (χ2v) is 14.7. The fraction of sp³-hybridized carbons (Fsp3) is 0.213. The van der Waals surface area contributed by atoms with E-state index in [1.807, 2.05) is 114 Å². The standard InChI is InChI=1S/C47H40N6O6/c1-2-25-48-44(55)39-41-45(56)59-42(32-15-7-4-8-16-32)40(31-13-5-3-6-14-31)53(41)43(33-20-22-34(23-21-33)58-28-27-54)47(39)35-29-30(19-24-36(35)49-46(47)57)12-11-26-52-38-18-10-9-17-37(38)50-51-52/h2-10,13-24,29,39-43,54H,1,25-28H2,(H,48,55)(H,49,57). The van der Waals surface area contributed by atoms with Gasteiger partial charge in [-0.05, 0) is 64.7 Å². The molecular weight excluding hydrogens is 745 g/mol. The predicted octanol–water partition coefficient (Wildman–Crippen LogP) is 5.43. The number of hydrogen-bond acceptors (Lipinski definition) is 9. The van der Waals surface area contributed by atoms with Crippen LogP contribution >= 0.6 is 0 Å². The number of rotatable bonds is 10. The van der Waals surface area contributed by atoms with Crippen LogP contribution in [0.5, 0.6) is 5.75 Å². The topological polar surface area (TPSA) is 148 Å². The van der Waals surface area contributed by atoms with Crippen molar-refractivity contribution < 1.29 is 29.0 Å². The van der Waals surface area contributed by atoms with E-state index in [0.717, 1.165) is 22.2 Å². The largest absolute Gasteiger partial charge is 0.491 e. The van der Waals surface area contributed by atoms with E-state index < -0.39 is 53.3 Å². The van der Waals surface area contributed by atoms with Gasteiger partial charge >= 0.3 is 5.97 Å². The molecule has 0 radical (unpaired) electrons. The van der Waals surface area contributed by atoms with Crippen LogP contribution in [0.2, 0.25) is 0 Å². The average molecular weight is 785 g/mol. The molecule has 5 aromatic carbocycles. The third-order valence-electron chi connectivity index (χ3n) is 11.4. The van der Waals surface area contributed by atoms with Gasteiger partial charge in [0.2, 0.25) is 11.8 Å². The second-order valence-electron chi connectivity index (χ2n) is 14.7. The zero-order valence-corrected chi connectivity index (χ0v) is 31.9. The Kier molecular flexibility index (Phi) is 9.98. The quantitative estimate of drug-likeness (QED) is 0.0941. The first-order valence-corrected chi connectivity index (χ1v) is 19.5. The number of nitrogens with zero attached hydrogens (tertiary/aromatic N) is 4. The third-order valence-corrected chi connectivity index (χ3v) is 11.4. The molecule has 12 nitrogen and oxygen atoms in total. The third kappa shape index (κ3) is 6.41. The average Bonchev–Trinajstić information content (AvgIpc) is 3.93. The molecule has 1 spiro atoms. The summed E-state index contributed by atoms with van der Waals surface area (Å²) in [4.78, 5) is 47.1. The van der Waals surface area contributed by atoms with Crippen molar-refractivity contribution in [3.05, 3.63) is 168 Å². The van der Waals surface area contributed by atoms with Crippen molar-refractivity contribution in [1.29, 1.82) is 0 Å². The molecule has 4 heterocycles. The number of esters is 1. The smallest absolute Gasteiger partial charge is 0.324 e. The number of fused-ring (bicyclic) bond motifs is 4. The van der Waals surface area contributed by atoms with Gasteiger partial charge in [-0.2, -0.15) is 0 Å². The Balaban J connectivity index is 1.26. The summed E-state index contributed by atoms with van der Waals surface area (Å²) in [5.41, 5.74) is 3.88. The maximum atomic E-state index is 15.3. The monoisotopic (exact) mass is 784 g/mol. The molecule has 6 aromatic rings. The molecule has 2 amide bonds. The number of hydrogen-bond donors (Lipinski definition) is 3. The number of benzene rings is 5. The summed E-state index contributed by atoms with van der Waals surface area (Å²) in [7, 11) is 0. The number of carbonyl (C=O) groups excluding carboxylic acids is 3. The summed E-state index contributed by atoms with van der Waals surface area (Å²) in [5, 5.41) is 24.0.